The Morgan fingerprint density at radius 1 is 1.30 bits per heavy atom. The molecule has 1 aromatic heterocycles. The van der Waals surface area contributed by atoms with Gasteiger partial charge in [0.2, 0.25) is 0 Å². The second kappa shape index (κ2) is 6.09. The number of benzene rings is 1. The average Bonchev–Trinajstić information content (AvgIpc) is 2.76. The summed E-state index contributed by atoms with van der Waals surface area (Å²) in [5, 5.41) is 7.95. The molecule has 0 radical (unpaired) electrons. The van der Waals surface area contributed by atoms with Crippen LogP contribution in [0.4, 0.5) is 5.69 Å². The molecular weight excluding hydrogens is 248 g/mol. The van der Waals surface area contributed by atoms with Gasteiger partial charge in [-0.2, -0.15) is 5.10 Å². The summed E-state index contributed by atoms with van der Waals surface area (Å²) in [6.07, 6.45) is 6.33. The quantitative estimate of drug-likeness (QED) is 0.924. The second-order valence-electron chi connectivity index (χ2n) is 5.51. The molecule has 106 valence electrons. The van der Waals surface area contributed by atoms with Crippen molar-refractivity contribution in [2.45, 2.75) is 18.9 Å². The fourth-order valence-electron chi connectivity index (χ4n) is 2.84. The number of aryl methyl sites for hydroxylation is 1. The monoisotopic (exact) mass is 270 g/mol. The first-order chi connectivity index (χ1) is 9.81. The second-order valence-corrected chi connectivity index (χ2v) is 5.51. The van der Waals surface area contributed by atoms with Crippen LogP contribution in [-0.2, 0) is 13.5 Å². The topological polar surface area (TPSA) is 33.1 Å². The summed E-state index contributed by atoms with van der Waals surface area (Å²) < 4.78 is 1.87. The fourth-order valence-corrected chi connectivity index (χ4v) is 2.84. The molecule has 1 unspecified atom stereocenters. The predicted octanol–water partition coefficient (Wildman–Crippen LogP) is 1.83. The summed E-state index contributed by atoms with van der Waals surface area (Å²) in [5.74, 6) is 0. The van der Waals surface area contributed by atoms with Gasteiger partial charge in [0.05, 0.1) is 11.9 Å². The van der Waals surface area contributed by atoms with Crippen LogP contribution >= 0.6 is 0 Å². The molecule has 2 heterocycles. The molecule has 1 N–H and O–H groups in total. The van der Waals surface area contributed by atoms with Crippen LogP contribution < -0.4 is 10.2 Å². The first kappa shape index (κ1) is 13.2. The zero-order chi connectivity index (χ0) is 13.8. The van der Waals surface area contributed by atoms with E-state index in [4.69, 9.17) is 0 Å². The van der Waals surface area contributed by atoms with Gasteiger partial charge in [0, 0.05) is 32.4 Å². The maximum Gasteiger partial charge on any atom is 0.0752 e. The lowest BCUT2D eigenvalue weighted by Crippen LogP contribution is -2.39. The highest BCUT2D eigenvalue weighted by Crippen LogP contribution is 2.16. The molecule has 0 bridgehead atoms. The Morgan fingerprint density at radius 3 is 2.90 bits per heavy atom. The van der Waals surface area contributed by atoms with E-state index in [0.29, 0.717) is 6.04 Å². The van der Waals surface area contributed by atoms with Gasteiger partial charge in [-0.15, -0.1) is 0 Å². The van der Waals surface area contributed by atoms with Gasteiger partial charge in [-0.05, 0) is 24.9 Å². The van der Waals surface area contributed by atoms with E-state index in [2.05, 4.69) is 51.8 Å². The molecule has 1 atom stereocenters. The molecule has 2 aromatic rings. The van der Waals surface area contributed by atoms with Crippen molar-refractivity contribution >= 4 is 5.69 Å². The lowest BCUT2D eigenvalue weighted by atomic mass is 10.1. The first-order valence-electron chi connectivity index (χ1n) is 7.32. The van der Waals surface area contributed by atoms with E-state index in [0.717, 1.165) is 26.1 Å². The number of anilines is 1. The van der Waals surface area contributed by atoms with Crippen LogP contribution in [0.25, 0.3) is 0 Å². The molecule has 0 saturated carbocycles. The van der Waals surface area contributed by atoms with Gasteiger partial charge >= 0.3 is 0 Å². The smallest absolute Gasteiger partial charge is 0.0752 e. The van der Waals surface area contributed by atoms with Crippen molar-refractivity contribution in [1.82, 2.24) is 15.1 Å². The maximum absolute atomic E-state index is 4.29. The molecule has 0 amide bonds. The molecular formula is C16H22N4. The summed E-state index contributed by atoms with van der Waals surface area (Å²) in [7, 11) is 1.97. The SMILES string of the molecule is Cn1cc(N2CCCNC(Cc3ccccc3)C2)cn1. The van der Waals surface area contributed by atoms with Gasteiger partial charge < -0.3 is 10.2 Å². The zero-order valence-electron chi connectivity index (χ0n) is 12.0. The molecule has 0 aliphatic carbocycles. The number of rotatable bonds is 3. The predicted molar refractivity (Wildman–Crippen MR) is 82.0 cm³/mol. The van der Waals surface area contributed by atoms with E-state index in [-0.39, 0.29) is 0 Å². The Labute approximate surface area is 120 Å². The number of hydrogen-bond donors (Lipinski definition) is 1. The summed E-state index contributed by atoms with van der Waals surface area (Å²) in [6.45, 7) is 3.23. The van der Waals surface area contributed by atoms with Crippen LogP contribution in [0.2, 0.25) is 0 Å². The van der Waals surface area contributed by atoms with E-state index in [1.54, 1.807) is 0 Å². The van der Waals surface area contributed by atoms with E-state index in [1.807, 2.05) is 17.9 Å². The minimum atomic E-state index is 0.500. The standard InChI is InChI=1S/C16H22N4/c1-19-13-16(11-18-19)20-9-5-8-17-15(12-20)10-14-6-3-2-4-7-14/h2-4,6-7,11,13,15,17H,5,8-10,12H2,1H3. The Kier molecular flexibility index (Phi) is 4.02. The molecule has 0 spiro atoms. The van der Waals surface area contributed by atoms with Gasteiger partial charge in [-0.25, -0.2) is 0 Å². The molecule has 1 aromatic carbocycles. The van der Waals surface area contributed by atoms with E-state index < -0.39 is 0 Å². The van der Waals surface area contributed by atoms with E-state index >= 15 is 0 Å². The zero-order valence-corrected chi connectivity index (χ0v) is 12.0. The highest BCUT2D eigenvalue weighted by molar-refractivity contribution is 5.42. The molecule has 1 aliphatic rings. The highest BCUT2D eigenvalue weighted by atomic mass is 15.3. The van der Waals surface area contributed by atoms with Crippen LogP contribution in [-0.4, -0.2) is 35.5 Å². The van der Waals surface area contributed by atoms with Crippen molar-refractivity contribution in [3.05, 3.63) is 48.3 Å². The summed E-state index contributed by atoms with van der Waals surface area (Å²) in [6, 6.07) is 11.2. The Bertz CT molecular complexity index is 534. The van der Waals surface area contributed by atoms with Crippen LogP contribution in [0.15, 0.2) is 42.7 Å². The van der Waals surface area contributed by atoms with Crippen molar-refractivity contribution < 1.29 is 0 Å². The molecule has 1 fully saturated rings. The highest BCUT2D eigenvalue weighted by Gasteiger charge is 2.19. The summed E-state index contributed by atoms with van der Waals surface area (Å²) in [4.78, 5) is 2.45. The molecule has 4 nitrogen and oxygen atoms in total. The van der Waals surface area contributed by atoms with Crippen molar-refractivity contribution in [1.29, 1.82) is 0 Å². The third-order valence-electron chi connectivity index (χ3n) is 3.86. The molecule has 1 aliphatic heterocycles. The third-order valence-corrected chi connectivity index (χ3v) is 3.86. The van der Waals surface area contributed by atoms with Crippen LogP contribution in [0.1, 0.15) is 12.0 Å². The fraction of sp³-hybridized carbons (Fsp3) is 0.438. The van der Waals surface area contributed by atoms with Crippen molar-refractivity contribution in [3.63, 3.8) is 0 Å². The van der Waals surface area contributed by atoms with E-state index in [9.17, 15) is 0 Å². The van der Waals surface area contributed by atoms with Crippen molar-refractivity contribution in [3.8, 4) is 0 Å². The lowest BCUT2D eigenvalue weighted by Gasteiger charge is -2.25. The lowest BCUT2D eigenvalue weighted by molar-refractivity contribution is 0.540. The van der Waals surface area contributed by atoms with Gasteiger partial charge in [-0.3, -0.25) is 4.68 Å². The Morgan fingerprint density at radius 2 is 2.15 bits per heavy atom. The average molecular weight is 270 g/mol. The van der Waals surface area contributed by atoms with Crippen LogP contribution in [0.5, 0.6) is 0 Å². The first-order valence-corrected chi connectivity index (χ1v) is 7.32. The van der Waals surface area contributed by atoms with Crippen molar-refractivity contribution in [2.75, 3.05) is 24.5 Å². The number of aromatic nitrogens is 2. The van der Waals surface area contributed by atoms with Gasteiger partial charge in [0.15, 0.2) is 0 Å². The van der Waals surface area contributed by atoms with E-state index in [1.165, 1.54) is 17.7 Å². The van der Waals surface area contributed by atoms with Gasteiger partial charge in [0.1, 0.15) is 0 Å². The molecule has 4 heteroatoms. The largest absolute Gasteiger partial charge is 0.367 e. The van der Waals surface area contributed by atoms with Gasteiger partial charge in [-0.1, -0.05) is 30.3 Å². The van der Waals surface area contributed by atoms with Gasteiger partial charge in [0.25, 0.3) is 0 Å². The van der Waals surface area contributed by atoms with Crippen LogP contribution in [0.3, 0.4) is 0 Å². The minimum Gasteiger partial charge on any atom is -0.367 e. The molecule has 20 heavy (non-hydrogen) atoms. The number of nitrogens with zero attached hydrogens (tertiary/aromatic N) is 3. The molecule has 1 saturated heterocycles. The normalized spacial score (nSPS) is 19.9. The Hall–Kier alpha value is -1.81. The molecule has 3 rings (SSSR count). The number of hydrogen-bond acceptors (Lipinski definition) is 3. The minimum absolute atomic E-state index is 0.500. The summed E-state index contributed by atoms with van der Waals surface area (Å²) in [5.41, 5.74) is 2.63. The Balaban J connectivity index is 1.69. The maximum atomic E-state index is 4.29. The summed E-state index contributed by atoms with van der Waals surface area (Å²) >= 11 is 0. The van der Waals surface area contributed by atoms with Crippen molar-refractivity contribution in [2.24, 2.45) is 7.05 Å². The van der Waals surface area contributed by atoms with Crippen LogP contribution in [0, 0.1) is 0 Å². The number of nitrogens with one attached hydrogen (secondary N) is 1. The third kappa shape index (κ3) is 3.20.